The summed E-state index contributed by atoms with van der Waals surface area (Å²) >= 11 is 5.83. The molecule has 0 aromatic carbocycles. The lowest BCUT2D eigenvalue weighted by Crippen LogP contribution is -2.45. The van der Waals surface area contributed by atoms with Gasteiger partial charge in [0.25, 0.3) is 0 Å². The number of morpholine rings is 1. The Morgan fingerprint density at radius 2 is 2.07 bits per heavy atom. The van der Waals surface area contributed by atoms with E-state index in [0.29, 0.717) is 37.8 Å². The molecule has 2 rings (SSSR count). The quantitative estimate of drug-likeness (QED) is 0.219. The number of nitrogens with zero attached hydrogens (tertiary/aromatic N) is 3. The standard InChI is InChI=1S/C18H27ClF3N5O2.HI/c1-3-23-17(26-11-13(2)27-5-8-28-9-6-27)24-4-7-29-16-15(19)10-14(12-25-16)18(20,21)22;/h10,12-13H,3-9,11H2,1-2H3,(H2,23,24,26);1H. The maximum atomic E-state index is 12.6. The summed E-state index contributed by atoms with van der Waals surface area (Å²) in [6.07, 6.45) is -3.79. The van der Waals surface area contributed by atoms with Crippen LogP contribution in [-0.2, 0) is 10.9 Å². The van der Waals surface area contributed by atoms with Crippen LogP contribution in [0.4, 0.5) is 13.2 Å². The average molecular weight is 566 g/mol. The third-order valence-electron chi connectivity index (χ3n) is 4.29. The first-order valence-corrected chi connectivity index (χ1v) is 9.88. The Morgan fingerprint density at radius 1 is 1.37 bits per heavy atom. The molecule has 0 saturated carbocycles. The van der Waals surface area contributed by atoms with E-state index >= 15 is 0 Å². The van der Waals surface area contributed by atoms with Gasteiger partial charge in [-0.25, -0.2) is 4.98 Å². The normalized spacial score (nSPS) is 16.5. The lowest BCUT2D eigenvalue weighted by Gasteiger charge is -2.31. The average Bonchev–Trinajstić information content (AvgIpc) is 2.69. The molecular formula is C18H28ClF3IN5O2. The molecule has 1 aliphatic rings. The van der Waals surface area contributed by atoms with Crippen molar-refractivity contribution in [3.05, 3.63) is 22.8 Å². The van der Waals surface area contributed by atoms with Crippen LogP contribution in [0.1, 0.15) is 19.4 Å². The molecule has 1 aromatic heterocycles. The molecule has 0 aliphatic carbocycles. The number of guanidine groups is 1. The number of nitrogens with one attached hydrogen (secondary N) is 2. The molecule has 172 valence electrons. The van der Waals surface area contributed by atoms with E-state index in [4.69, 9.17) is 21.1 Å². The lowest BCUT2D eigenvalue weighted by molar-refractivity contribution is -0.137. The Labute approximate surface area is 196 Å². The summed E-state index contributed by atoms with van der Waals surface area (Å²) in [4.78, 5) is 10.6. The van der Waals surface area contributed by atoms with Crippen LogP contribution < -0.4 is 15.4 Å². The number of ether oxygens (including phenoxy) is 2. The topological polar surface area (TPSA) is 71.0 Å². The predicted octanol–water partition coefficient (Wildman–Crippen LogP) is 3.03. The van der Waals surface area contributed by atoms with Gasteiger partial charge in [-0.1, -0.05) is 11.6 Å². The number of aliphatic imine (C=N–C) groups is 1. The first-order chi connectivity index (χ1) is 13.8. The Balaban J connectivity index is 0.00000450. The minimum atomic E-state index is -4.49. The fourth-order valence-corrected chi connectivity index (χ4v) is 2.92. The highest BCUT2D eigenvalue weighted by Crippen LogP contribution is 2.32. The van der Waals surface area contributed by atoms with Crippen molar-refractivity contribution in [2.45, 2.75) is 26.1 Å². The molecule has 1 fully saturated rings. The smallest absolute Gasteiger partial charge is 0.417 e. The summed E-state index contributed by atoms with van der Waals surface area (Å²) in [5.41, 5.74) is -0.913. The third-order valence-corrected chi connectivity index (χ3v) is 4.57. The molecule has 0 bridgehead atoms. The number of hydrogen-bond donors (Lipinski definition) is 2. The zero-order valence-corrected chi connectivity index (χ0v) is 20.1. The van der Waals surface area contributed by atoms with Gasteiger partial charge in [-0.15, -0.1) is 24.0 Å². The van der Waals surface area contributed by atoms with Crippen LogP contribution in [0.2, 0.25) is 5.02 Å². The Hall–Kier alpha value is -1.05. The number of hydrogen-bond acceptors (Lipinski definition) is 5. The van der Waals surface area contributed by atoms with Crippen LogP contribution in [0.15, 0.2) is 17.3 Å². The van der Waals surface area contributed by atoms with E-state index in [1.54, 1.807) is 0 Å². The molecule has 0 radical (unpaired) electrons. The highest BCUT2D eigenvalue weighted by molar-refractivity contribution is 14.0. The van der Waals surface area contributed by atoms with E-state index in [1.807, 2.05) is 6.92 Å². The molecule has 1 atom stereocenters. The molecule has 1 unspecified atom stereocenters. The van der Waals surface area contributed by atoms with E-state index < -0.39 is 11.7 Å². The maximum Gasteiger partial charge on any atom is 0.417 e. The molecule has 2 heterocycles. The summed E-state index contributed by atoms with van der Waals surface area (Å²) in [5, 5.41) is 6.09. The predicted molar refractivity (Wildman–Crippen MR) is 121 cm³/mol. The van der Waals surface area contributed by atoms with Crippen LogP contribution in [0.3, 0.4) is 0 Å². The summed E-state index contributed by atoms with van der Waals surface area (Å²) in [6, 6.07) is 1.09. The second-order valence-electron chi connectivity index (χ2n) is 6.50. The van der Waals surface area contributed by atoms with E-state index in [9.17, 15) is 13.2 Å². The van der Waals surface area contributed by atoms with Gasteiger partial charge in [-0.3, -0.25) is 9.89 Å². The van der Waals surface area contributed by atoms with E-state index in [2.05, 4.69) is 32.4 Å². The van der Waals surface area contributed by atoms with Gasteiger partial charge in [-0.05, 0) is 19.9 Å². The number of aromatic nitrogens is 1. The molecule has 0 amide bonds. The van der Waals surface area contributed by atoms with Crippen molar-refractivity contribution in [2.75, 3.05) is 52.5 Å². The first kappa shape index (κ1) is 27.0. The van der Waals surface area contributed by atoms with E-state index in [0.717, 1.165) is 32.4 Å². The van der Waals surface area contributed by atoms with Gasteiger partial charge in [0.15, 0.2) is 5.96 Å². The van der Waals surface area contributed by atoms with Crippen molar-refractivity contribution >= 4 is 41.5 Å². The zero-order chi connectivity index (χ0) is 21.3. The zero-order valence-electron chi connectivity index (χ0n) is 17.0. The van der Waals surface area contributed by atoms with Gasteiger partial charge < -0.3 is 20.1 Å². The van der Waals surface area contributed by atoms with Crippen LogP contribution in [0.5, 0.6) is 5.88 Å². The second-order valence-corrected chi connectivity index (χ2v) is 6.91. The monoisotopic (exact) mass is 565 g/mol. The van der Waals surface area contributed by atoms with Crippen molar-refractivity contribution in [1.29, 1.82) is 0 Å². The van der Waals surface area contributed by atoms with E-state index in [1.165, 1.54) is 0 Å². The van der Waals surface area contributed by atoms with Gasteiger partial charge in [0.1, 0.15) is 11.6 Å². The summed E-state index contributed by atoms with van der Waals surface area (Å²) in [5.74, 6) is 0.604. The van der Waals surface area contributed by atoms with Crippen molar-refractivity contribution in [3.8, 4) is 5.88 Å². The van der Waals surface area contributed by atoms with Crippen LogP contribution in [-0.4, -0.2) is 74.4 Å². The van der Waals surface area contributed by atoms with Gasteiger partial charge in [0.05, 0.1) is 31.9 Å². The second kappa shape index (κ2) is 13.4. The first-order valence-electron chi connectivity index (χ1n) is 9.50. The summed E-state index contributed by atoms with van der Waals surface area (Å²) < 4.78 is 48.6. The van der Waals surface area contributed by atoms with Crippen molar-refractivity contribution in [2.24, 2.45) is 4.99 Å². The number of rotatable bonds is 8. The summed E-state index contributed by atoms with van der Waals surface area (Å²) in [7, 11) is 0. The highest BCUT2D eigenvalue weighted by Gasteiger charge is 2.31. The Bertz CT molecular complexity index is 676. The molecular weight excluding hydrogens is 538 g/mol. The number of halogens is 5. The van der Waals surface area contributed by atoms with Gasteiger partial charge in [0, 0.05) is 31.9 Å². The van der Waals surface area contributed by atoms with Crippen molar-refractivity contribution in [3.63, 3.8) is 0 Å². The maximum absolute atomic E-state index is 12.6. The molecule has 0 spiro atoms. The molecule has 30 heavy (non-hydrogen) atoms. The van der Waals surface area contributed by atoms with Gasteiger partial charge in [0.2, 0.25) is 5.88 Å². The highest BCUT2D eigenvalue weighted by atomic mass is 127. The third kappa shape index (κ3) is 8.98. The van der Waals surface area contributed by atoms with Crippen LogP contribution >= 0.6 is 35.6 Å². The van der Waals surface area contributed by atoms with Crippen LogP contribution in [0, 0.1) is 0 Å². The van der Waals surface area contributed by atoms with Crippen molar-refractivity contribution < 1.29 is 22.6 Å². The summed E-state index contributed by atoms with van der Waals surface area (Å²) in [6.45, 7) is 9.25. The fraction of sp³-hybridized carbons (Fsp3) is 0.667. The number of alkyl halides is 3. The molecule has 12 heteroatoms. The Kier molecular flexibility index (Phi) is 12.0. The molecule has 2 N–H and O–H groups in total. The minimum Gasteiger partial charge on any atom is -0.475 e. The van der Waals surface area contributed by atoms with Gasteiger partial charge in [-0.2, -0.15) is 13.2 Å². The van der Waals surface area contributed by atoms with Crippen LogP contribution in [0.25, 0.3) is 0 Å². The van der Waals surface area contributed by atoms with E-state index in [-0.39, 0.29) is 41.5 Å². The Morgan fingerprint density at radius 3 is 2.67 bits per heavy atom. The molecule has 7 nitrogen and oxygen atoms in total. The molecule has 1 aliphatic heterocycles. The minimum absolute atomic E-state index is 0. The van der Waals surface area contributed by atoms with Crippen molar-refractivity contribution in [1.82, 2.24) is 20.5 Å². The molecule has 1 saturated heterocycles. The van der Waals surface area contributed by atoms with Gasteiger partial charge >= 0.3 is 6.18 Å². The number of pyridine rings is 1. The molecule has 1 aromatic rings. The lowest BCUT2D eigenvalue weighted by atomic mass is 10.2. The SMILES string of the molecule is CCNC(=NCC(C)N1CCOCC1)NCCOc1ncc(C(F)(F)F)cc1Cl.I. The largest absolute Gasteiger partial charge is 0.475 e. The fourth-order valence-electron chi connectivity index (χ4n) is 2.70.